The molecule has 1 fully saturated rings. The van der Waals surface area contributed by atoms with Crippen molar-refractivity contribution in [2.45, 2.75) is 11.8 Å². The predicted molar refractivity (Wildman–Crippen MR) is 83.3 cm³/mol. The van der Waals surface area contributed by atoms with Crippen LogP contribution in [0.15, 0.2) is 23.1 Å². The Kier molecular flexibility index (Phi) is 4.56. The quantitative estimate of drug-likeness (QED) is 0.787. The van der Waals surface area contributed by atoms with Crippen LogP contribution >= 0.6 is 0 Å². The molecule has 2 heterocycles. The van der Waals surface area contributed by atoms with Crippen LogP contribution in [0.4, 0.5) is 0 Å². The van der Waals surface area contributed by atoms with Gasteiger partial charge in [0.1, 0.15) is 19.0 Å². The van der Waals surface area contributed by atoms with Crippen LogP contribution < -0.4 is 9.47 Å². The minimum atomic E-state index is -3.56. The maximum atomic E-state index is 12.7. The number of ketones is 1. The van der Waals surface area contributed by atoms with Gasteiger partial charge in [0, 0.05) is 32.2 Å². The van der Waals surface area contributed by atoms with E-state index in [0.717, 1.165) is 0 Å². The van der Waals surface area contributed by atoms with E-state index in [1.165, 1.54) is 17.3 Å². The van der Waals surface area contributed by atoms with E-state index in [0.29, 0.717) is 57.4 Å². The second-order valence-electron chi connectivity index (χ2n) is 5.69. The van der Waals surface area contributed by atoms with Gasteiger partial charge in [0.05, 0.1) is 11.4 Å². The van der Waals surface area contributed by atoms with E-state index >= 15 is 0 Å². The number of rotatable bonds is 4. The lowest BCUT2D eigenvalue weighted by molar-refractivity contribution is -0.118. The van der Waals surface area contributed by atoms with Crippen LogP contribution in [0.5, 0.6) is 11.5 Å². The molecule has 1 aromatic rings. The van der Waals surface area contributed by atoms with Crippen LogP contribution in [0.2, 0.25) is 0 Å². The van der Waals surface area contributed by atoms with E-state index in [-0.39, 0.29) is 10.7 Å². The standard InChI is InChI=1S/C15H20N2O5S/c1-12(18)11-16-4-6-17(7-5-16)23(19,20)13-2-3-14-15(10-13)22-9-8-21-14/h2-3,10H,4-9,11H2,1H3. The van der Waals surface area contributed by atoms with E-state index in [9.17, 15) is 13.2 Å². The lowest BCUT2D eigenvalue weighted by Crippen LogP contribution is -2.49. The molecule has 8 heteroatoms. The van der Waals surface area contributed by atoms with Gasteiger partial charge in [-0.25, -0.2) is 8.42 Å². The van der Waals surface area contributed by atoms with Crippen LogP contribution in [0.1, 0.15) is 6.92 Å². The van der Waals surface area contributed by atoms with Crippen molar-refractivity contribution in [1.29, 1.82) is 0 Å². The number of carbonyl (C=O) groups excluding carboxylic acids is 1. The van der Waals surface area contributed by atoms with Gasteiger partial charge in [0.2, 0.25) is 10.0 Å². The van der Waals surface area contributed by atoms with Gasteiger partial charge in [0.15, 0.2) is 11.5 Å². The molecule has 0 amide bonds. The van der Waals surface area contributed by atoms with Gasteiger partial charge in [-0.1, -0.05) is 0 Å². The number of piperazine rings is 1. The first-order chi connectivity index (χ1) is 11.0. The lowest BCUT2D eigenvalue weighted by atomic mass is 10.3. The summed E-state index contributed by atoms with van der Waals surface area (Å²) in [4.78, 5) is 13.3. The highest BCUT2D eigenvalue weighted by Gasteiger charge is 2.29. The third kappa shape index (κ3) is 3.49. The molecule has 126 valence electrons. The second-order valence-corrected chi connectivity index (χ2v) is 7.63. The first-order valence-corrected chi connectivity index (χ1v) is 9.02. The first kappa shape index (κ1) is 16.2. The Morgan fingerprint density at radius 3 is 2.39 bits per heavy atom. The number of benzene rings is 1. The monoisotopic (exact) mass is 340 g/mol. The minimum absolute atomic E-state index is 0.0909. The fourth-order valence-corrected chi connectivity index (χ4v) is 4.21. The fourth-order valence-electron chi connectivity index (χ4n) is 2.78. The number of sulfonamides is 1. The molecule has 23 heavy (non-hydrogen) atoms. The second kappa shape index (κ2) is 6.46. The van der Waals surface area contributed by atoms with Crippen LogP contribution in [0.3, 0.4) is 0 Å². The molecule has 0 N–H and O–H groups in total. The zero-order valence-electron chi connectivity index (χ0n) is 13.0. The number of nitrogens with zero attached hydrogens (tertiary/aromatic N) is 2. The van der Waals surface area contributed by atoms with Gasteiger partial charge >= 0.3 is 0 Å². The van der Waals surface area contributed by atoms with Crippen molar-refractivity contribution in [3.63, 3.8) is 0 Å². The summed E-state index contributed by atoms with van der Waals surface area (Å²) in [6.45, 7) is 4.68. The van der Waals surface area contributed by atoms with Crippen LogP contribution in [-0.2, 0) is 14.8 Å². The molecule has 0 aromatic heterocycles. The molecule has 2 aliphatic rings. The van der Waals surface area contributed by atoms with Crippen molar-refractivity contribution in [2.24, 2.45) is 0 Å². The van der Waals surface area contributed by atoms with Crippen LogP contribution in [-0.4, -0.2) is 69.3 Å². The van der Waals surface area contributed by atoms with Crippen LogP contribution in [0.25, 0.3) is 0 Å². The third-order valence-electron chi connectivity index (χ3n) is 3.93. The van der Waals surface area contributed by atoms with Gasteiger partial charge in [-0.3, -0.25) is 9.69 Å². The Morgan fingerprint density at radius 1 is 1.09 bits per heavy atom. The molecule has 7 nitrogen and oxygen atoms in total. The molecule has 0 radical (unpaired) electrons. The minimum Gasteiger partial charge on any atom is -0.486 e. The van der Waals surface area contributed by atoms with Gasteiger partial charge in [-0.05, 0) is 19.1 Å². The molecule has 0 saturated carbocycles. The Bertz CT molecular complexity index is 696. The zero-order chi connectivity index (χ0) is 16.4. The normalized spacial score (nSPS) is 19.5. The highest BCUT2D eigenvalue weighted by molar-refractivity contribution is 7.89. The van der Waals surface area contributed by atoms with Crippen molar-refractivity contribution in [3.05, 3.63) is 18.2 Å². The van der Waals surface area contributed by atoms with Crippen molar-refractivity contribution in [3.8, 4) is 11.5 Å². The number of hydrogen-bond donors (Lipinski definition) is 0. The highest BCUT2D eigenvalue weighted by Crippen LogP contribution is 2.33. The molecule has 0 spiro atoms. The molecule has 0 unspecified atom stereocenters. The summed E-state index contributed by atoms with van der Waals surface area (Å²) in [5, 5.41) is 0. The molecule has 1 saturated heterocycles. The largest absolute Gasteiger partial charge is 0.486 e. The number of hydrogen-bond acceptors (Lipinski definition) is 6. The molecule has 0 atom stereocenters. The van der Waals surface area contributed by atoms with E-state index in [1.807, 2.05) is 4.90 Å². The molecule has 0 aliphatic carbocycles. The van der Waals surface area contributed by atoms with E-state index in [4.69, 9.17) is 9.47 Å². The van der Waals surface area contributed by atoms with E-state index in [2.05, 4.69) is 0 Å². The molecule has 0 bridgehead atoms. The first-order valence-electron chi connectivity index (χ1n) is 7.58. The number of carbonyl (C=O) groups is 1. The molecular weight excluding hydrogens is 320 g/mol. The van der Waals surface area contributed by atoms with Crippen molar-refractivity contribution in [2.75, 3.05) is 45.9 Å². The van der Waals surface area contributed by atoms with Gasteiger partial charge in [-0.2, -0.15) is 4.31 Å². The summed E-state index contributed by atoms with van der Waals surface area (Å²) in [5.74, 6) is 1.13. The average Bonchev–Trinajstić information content (AvgIpc) is 2.54. The summed E-state index contributed by atoms with van der Waals surface area (Å²) < 4.78 is 37.8. The number of Topliss-reactive ketones (excluding diaryl/α,β-unsaturated/α-hetero) is 1. The topological polar surface area (TPSA) is 76.2 Å². The summed E-state index contributed by atoms with van der Waals surface area (Å²) in [5.41, 5.74) is 0. The van der Waals surface area contributed by atoms with Crippen molar-refractivity contribution in [1.82, 2.24) is 9.21 Å². The summed E-state index contributed by atoms with van der Waals surface area (Å²) >= 11 is 0. The molecule has 1 aromatic carbocycles. The molecule has 2 aliphatic heterocycles. The Balaban J connectivity index is 1.73. The lowest BCUT2D eigenvalue weighted by Gasteiger charge is -2.33. The third-order valence-corrected chi connectivity index (χ3v) is 5.82. The van der Waals surface area contributed by atoms with Crippen molar-refractivity contribution < 1.29 is 22.7 Å². The van der Waals surface area contributed by atoms with Crippen LogP contribution in [0, 0.1) is 0 Å². The maximum absolute atomic E-state index is 12.7. The summed E-state index contributed by atoms with van der Waals surface area (Å²) in [6.07, 6.45) is 0. The Morgan fingerprint density at radius 2 is 1.74 bits per heavy atom. The number of ether oxygens (including phenoxy) is 2. The smallest absolute Gasteiger partial charge is 0.243 e. The van der Waals surface area contributed by atoms with Gasteiger partial charge in [-0.15, -0.1) is 0 Å². The predicted octanol–water partition coefficient (Wildman–Crippen LogP) is 0.353. The molecule has 3 rings (SSSR count). The highest BCUT2D eigenvalue weighted by atomic mass is 32.2. The maximum Gasteiger partial charge on any atom is 0.243 e. The summed E-state index contributed by atoms with van der Waals surface area (Å²) in [6, 6.07) is 4.70. The fraction of sp³-hybridized carbons (Fsp3) is 0.533. The average molecular weight is 340 g/mol. The van der Waals surface area contributed by atoms with E-state index < -0.39 is 10.0 Å². The Hall–Kier alpha value is -1.64. The van der Waals surface area contributed by atoms with Gasteiger partial charge in [0.25, 0.3) is 0 Å². The molecular formula is C15H20N2O5S. The van der Waals surface area contributed by atoms with Crippen molar-refractivity contribution >= 4 is 15.8 Å². The zero-order valence-corrected chi connectivity index (χ0v) is 13.8. The number of fused-ring (bicyclic) bond motifs is 1. The van der Waals surface area contributed by atoms with Gasteiger partial charge < -0.3 is 9.47 Å². The Labute approximate surface area is 135 Å². The summed E-state index contributed by atoms with van der Waals surface area (Å²) in [7, 11) is -3.56. The SMILES string of the molecule is CC(=O)CN1CCN(S(=O)(=O)c2ccc3c(c2)OCCO3)CC1. The van der Waals surface area contributed by atoms with E-state index in [1.54, 1.807) is 12.1 Å².